The Bertz CT molecular complexity index is 759. The molecular weight excluding hydrogens is 348 g/mol. The van der Waals surface area contributed by atoms with Crippen molar-refractivity contribution in [2.75, 3.05) is 0 Å². The highest BCUT2D eigenvalue weighted by Gasteiger charge is 2.27. The minimum absolute atomic E-state index is 0.0602. The number of aryl methyl sites for hydroxylation is 1. The average molecular weight is 377 g/mol. The molecule has 7 heteroatoms. The van der Waals surface area contributed by atoms with Gasteiger partial charge in [0.1, 0.15) is 0 Å². The number of aromatic nitrogens is 3. The number of benzene rings is 1. The van der Waals surface area contributed by atoms with Crippen LogP contribution in [0.1, 0.15) is 40.2 Å². The van der Waals surface area contributed by atoms with Crippen LogP contribution in [0.5, 0.6) is 0 Å². The lowest BCUT2D eigenvalue weighted by molar-refractivity contribution is -0.133. The normalized spacial score (nSPS) is 12.6. The first kappa shape index (κ1) is 20.3. The van der Waals surface area contributed by atoms with Gasteiger partial charge in [0.2, 0.25) is 5.91 Å². The maximum atomic E-state index is 12.8. The van der Waals surface area contributed by atoms with E-state index in [4.69, 9.17) is 0 Å². The van der Waals surface area contributed by atoms with E-state index < -0.39 is 0 Å². The minimum Gasteiger partial charge on any atom is -0.337 e. The second-order valence-corrected chi connectivity index (χ2v) is 8.20. The molecule has 0 fully saturated rings. The lowest BCUT2D eigenvalue weighted by atomic mass is 10.1. The smallest absolute Gasteiger partial charge is 0.337 e. The molecule has 0 saturated carbocycles. The van der Waals surface area contributed by atoms with E-state index in [1.165, 1.54) is 11.8 Å². The number of nitrogens with zero attached hydrogens (tertiary/aromatic N) is 3. The molecule has 0 radical (unpaired) electrons. The Morgan fingerprint density at radius 2 is 1.77 bits per heavy atom. The predicted octanol–water partition coefficient (Wildman–Crippen LogP) is 2.94. The van der Waals surface area contributed by atoms with Crippen molar-refractivity contribution < 1.29 is 4.79 Å². The number of hydrogen-bond acceptors (Lipinski definition) is 4. The van der Waals surface area contributed by atoms with Crippen molar-refractivity contribution in [1.82, 2.24) is 19.7 Å². The van der Waals surface area contributed by atoms with Gasteiger partial charge < -0.3 is 4.90 Å². The standard InChI is InChI=1S/C19H28N4O2S/c1-13(2)23(14(3)4)17(24)15(5)26-19-21-20-18(25)22(19)12-11-16-9-7-6-8-10-16/h6-10,13-15H,11-12H2,1-5H3,(H,20,25)/t15-/m0/s1. The summed E-state index contributed by atoms with van der Waals surface area (Å²) in [4.78, 5) is 26.8. The van der Waals surface area contributed by atoms with Crippen molar-refractivity contribution in [3.05, 3.63) is 46.4 Å². The number of amides is 1. The summed E-state index contributed by atoms with van der Waals surface area (Å²) in [6, 6.07) is 10.3. The molecule has 0 spiro atoms. The maximum Gasteiger partial charge on any atom is 0.343 e. The fourth-order valence-electron chi connectivity index (χ4n) is 3.00. The van der Waals surface area contributed by atoms with Gasteiger partial charge in [0.05, 0.1) is 5.25 Å². The lowest BCUT2D eigenvalue weighted by Gasteiger charge is -2.32. The van der Waals surface area contributed by atoms with E-state index in [-0.39, 0.29) is 28.9 Å². The molecule has 2 rings (SSSR count). The summed E-state index contributed by atoms with van der Waals surface area (Å²) in [6.07, 6.45) is 0.736. The summed E-state index contributed by atoms with van der Waals surface area (Å²) < 4.78 is 1.61. The van der Waals surface area contributed by atoms with Crippen LogP contribution >= 0.6 is 11.8 Å². The molecule has 0 aliphatic carbocycles. The Hall–Kier alpha value is -2.02. The van der Waals surface area contributed by atoms with Gasteiger partial charge in [0, 0.05) is 18.6 Å². The molecule has 1 aromatic carbocycles. The number of nitrogens with one attached hydrogen (secondary N) is 1. The Morgan fingerprint density at radius 3 is 2.35 bits per heavy atom. The summed E-state index contributed by atoms with van der Waals surface area (Å²) in [5.41, 5.74) is 0.916. The topological polar surface area (TPSA) is 71.0 Å². The van der Waals surface area contributed by atoms with Crippen LogP contribution in [0.4, 0.5) is 0 Å². The zero-order valence-corrected chi connectivity index (χ0v) is 16.9. The number of rotatable bonds is 8. The van der Waals surface area contributed by atoms with Gasteiger partial charge >= 0.3 is 5.69 Å². The van der Waals surface area contributed by atoms with Crippen LogP contribution in [-0.4, -0.2) is 42.9 Å². The molecule has 1 amide bonds. The maximum absolute atomic E-state index is 12.8. The summed E-state index contributed by atoms with van der Waals surface area (Å²) in [5.74, 6) is 0.0602. The average Bonchev–Trinajstić information content (AvgIpc) is 2.93. The molecule has 1 aromatic heterocycles. The van der Waals surface area contributed by atoms with Gasteiger partial charge in [0.25, 0.3) is 0 Å². The van der Waals surface area contributed by atoms with Gasteiger partial charge in [-0.25, -0.2) is 9.89 Å². The SMILES string of the molecule is CC(C)N(C(=O)[C@H](C)Sc1n[nH]c(=O)n1CCc1ccccc1)C(C)C. The van der Waals surface area contributed by atoms with Crippen molar-refractivity contribution in [3.63, 3.8) is 0 Å². The molecular formula is C19H28N4O2S. The van der Waals surface area contributed by atoms with Crippen LogP contribution in [-0.2, 0) is 17.8 Å². The third kappa shape index (κ3) is 5.00. The molecule has 1 atom stereocenters. The largest absolute Gasteiger partial charge is 0.343 e. The number of carbonyl (C=O) groups is 1. The van der Waals surface area contributed by atoms with Crippen molar-refractivity contribution in [1.29, 1.82) is 0 Å². The van der Waals surface area contributed by atoms with E-state index in [1.54, 1.807) is 4.57 Å². The fourth-order valence-corrected chi connectivity index (χ4v) is 3.94. The third-order valence-electron chi connectivity index (χ3n) is 4.19. The van der Waals surface area contributed by atoms with Gasteiger partial charge in [-0.15, -0.1) is 5.10 Å². The van der Waals surface area contributed by atoms with E-state index >= 15 is 0 Å². The molecule has 1 N–H and O–H groups in total. The molecule has 2 aromatic rings. The van der Waals surface area contributed by atoms with Crippen LogP contribution in [0.15, 0.2) is 40.3 Å². The molecule has 0 aliphatic heterocycles. The van der Waals surface area contributed by atoms with Crippen LogP contribution in [0.25, 0.3) is 0 Å². The molecule has 142 valence electrons. The molecule has 0 saturated heterocycles. The van der Waals surface area contributed by atoms with Crippen LogP contribution < -0.4 is 5.69 Å². The summed E-state index contributed by atoms with van der Waals surface area (Å²) in [6.45, 7) is 10.4. The quantitative estimate of drug-likeness (QED) is 0.719. The van der Waals surface area contributed by atoms with Crippen LogP contribution in [0.3, 0.4) is 0 Å². The van der Waals surface area contributed by atoms with Gasteiger partial charge in [-0.05, 0) is 46.6 Å². The van der Waals surface area contributed by atoms with E-state index in [9.17, 15) is 9.59 Å². The Labute approximate surface area is 159 Å². The van der Waals surface area contributed by atoms with Crippen LogP contribution in [0.2, 0.25) is 0 Å². The Kier molecular flexibility index (Phi) is 7.08. The zero-order chi connectivity index (χ0) is 19.3. The Morgan fingerprint density at radius 1 is 1.15 bits per heavy atom. The lowest BCUT2D eigenvalue weighted by Crippen LogP contribution is -2.45. The van der Waals surface area contributed by atoms with Gasteiger partial charge in [-0.3, -0.25) is 9.36 Å². The van der Waals surface area contributed by atoms with Crippen molar-refractivity contribution in [2.24, 2.45) is 0 Å². The third-order valence-corrected chi connectivity index (χ3v) is 5.26. The van der Waals surface area contributed by atoms with E-state index in [1.807, 2.05) is 69.9 Å². The summed E-state index contributed by atoms with van der Waals surface area (Å²) in [5, 5.41) is 6.86. The summed E-state index contributed by atoms with van der Waals surface area (Å²) >= 11 is 1.33. The molecule has 0 aliphatic rings. The van der Waals surface area contributed by atoms with Crippen LogP contribution in [0, 0.1) is 0 Å². The molecule has 0 bridgehead atoms. The van der Waals surface area contributed by atoms with E-state index in [0.717, 1.165) is 12.0 Å². The first-order valence-electron chi connectivity index (χ1n) is 8.99. The fraction of sp³-hybridized carbons (Fsp3) is 0.526. The number of carbonyl (C=O) groups excluding carboxylic acids is 1. The van der Waals surface area contributed by atoms with Gasteiger partial charge in [0.15, 0.2) is 5.16 Å². The number of H-pyrrole nitrogens is 1. The number of aromatic amines is 1. The first-order chi connectivity index (χ1) is 12.3. The van der Waals surface area contributed by atoms with Crippen molar-refractivity contribution >= 4 is 17.7 Å². The predicted molar refractivity (Wildman–Crippen MR) is 105 cm³/mol. The number of thioether (sulfide) groups is 1. The van der Waals surface area contributed by atoms with Crippen molar-refractivity contribution in [3.8, 4) is 0 Å². The van der Waals surface area contributed by atoms with Gasteiger partial charge in [-0.2, -0.15) is 0 Å². The molecule has 0 unspecified atom stereocenters. The monoisotopic (exact) mass is 376 g/mol. The molecule has 6 nitrogen and oxygen atoms in total. The van der Waals surface area contributed by atoms with Gasteiger partial charge in [-0.1, -0.05) is 42.1 Å². The highest BCUT2D eigenvalue weighted by molar-refractivity contribution is 8.00. The highest BCUT2D eigenvalue weighted by Crippen LogP contribution is 2.23. The highest BCUT2D eigenvalue weighted by atomic mass is 32.2. The second kappa shape index (κ2) is 9.07. The Balaban J connectivity index is 2.10. The number of hydrogen-bond donors (Lipinski definition) is 1. The molecule has 26 heavy (non-hydrogen) atoms. The first-order valence-corrected chi connectivity index (χ1v) is 9.87. The van der Waals surface area contributed by atoms with E-state index in [2.05, 4.69) is 10.2 Å². The van der Waals surface area contributed by atoms with E-state index in [0.29, 0.717) is 11.7 Å². The zero-order valence-electron chi connectivity index (χ0n) is 16.1. The minimum atomic E-state index is -0.314. The van der Waals surface area contributed by atoms with Crippen molar-refractivity contribution in [2.45, 2.75) is 70.1 Å². The molecule has 1 heterocycles. The summed E-state index contributed by atoms with van der Waals surface area (Å²) in [7, 11) is 0. The second-order valence-electron chi connectivity index (χ2n) is 6.89.